The molecule has 0 spiro atoms. The zero-order chi connectivity index (χ0) is 68.6. The second kappa shape index (κ2) is 66.0. The maximum atomic E-state index is 13.1. The minimum Gasteiger partial charge on any atom is -0.462 e. The van der Waals surface area contributed by atoms with Gasteiger partial charge in [-0.15, -0.1) is 0 Å². The van der Waals surface area contributed by atoms with E-state index in [9.17, 15) is 43.2 Å². The molecule has 19 heteroatoms. The molecular formula is C74H144O17P2. The molecular weight excluding hydrogens is 1220 g/mol. The summed E-state index contributed by atoms with van der Waals surface area (Å²) in [7, 11) is -9.91. The van der Waals surface area contributed by atoms with Gasteiger partial charge in [-0.25, -0.2) is 9.13 Å². The lowest BCUT2D eigenvalue weighted by Crippen LogP contribution is -2.30. The van der Waals surface area contributed by atoms with Crippen molar-refractivity contribution in [2.45, 2.75) is 400 Å². The van der Waals surface area contributed by atoms with Gasteiger partial charge in [0.2, 0.25) is 0 Å². The summed E-state index contributed by atoms with van der Waals surface area (Å²) >= 11 is 0. The molecule has 552 valence electrons. The van der Waals surface area contributed by atoms with Crippen molar-refractivity contribution in [2.24, 2.45) is 11.8 Å². The van der Waals surface area contributed by atoms with Gasteiger partial charge in [0, 0.05) is 25.7 Å². The van der Waals surface area contributed by atoms with Crippen LogP contribution in [-0.2, 0) is 65.4 Å². The first kappa shape index (κ1) is 91.1. The number of phosphoric ester groups is 2. The molecule has 0 radical (unpaired) electrons. The first-order valence-corrected chi connectivity index (χ1v) is 41.5. The smallest absolute Gasteiger partial charge is 0.462 e. The van der Waals surface area contributed by atoms with Crippen LogP contribution >= 0.6 is 15.6 Å². The van der Waals surface area contributed by atoms with Crippen LogP contribution < -0.4 is 0 Å². The molecule has 3 N–H and O–H groups in total. The highest BCUT2D eigenvalue weighted by Crippen LogP contribution is 2.45. The third-order valence-electron chi connectivity index (χ3n) is 17.6. The Labute approximate surface area is 568 Å². The highest BCUT2D eigenvalue weighted by Gasteiger charge is 2.30. The van der Waals surface area contributed by atoms with Crippen molar-refractivity contribution in [2.75, 3.05) is 39.6 Å². The van der Waals surface area contributed by atoms with Crippen LogP contribution in [0.2, 0.25) is 0 Å². The Morgan fingerprint density at radius 1 is 0.312 bits per heavy atom. The van der Waals surface area contributed by atoms with Crippen LogP contribution in [0.1, 0.15) is 382 Å². The first-order chi connectivity index (χ1) is 44.9. The van der Waals surface area contributed by atoms with Crippen LogP contribution in [0.3, 0.4) is 0 Å². The Morgan fingerprint density at radius 2 is 0.548 bits per heavy atom. The minimum atomic E-state index is -4.96. The van der Waals surface area contributed by atoms with Crippen molar-refractivity contribution in [1.29, 1.82) is 0 Å². The van der Waals surface area contributed by atoms with Crippen molar-refractivity contribution >= 4 is 39.5 Å². The van der Waals surface area contributed by atoms with Crippen LogP contribution in [0, 0.1) is 11.8 Å². The average Bonchev–Trinajstić information content (AvgIpc) is 2.27. The fourth-order valence-electron chi connectivity index (χ4n) is 11.3. The van der Waals surface area contributed by atoms with Crippen LogP contribution in [0.4, 0.5) is 0 Å². The van der Waals surface area contributed by atoms with Gasteiger partial charge < -0.3 is 33.8 Å². The predicted molar refractivity (Wildman–Crippen MR) is 377 cm³/mol. The number of hydrogen-bond acceptors (Lipinski definition) is 15. The molecule has 0 aromatic carbocycles. The molecule has 0 bridgehead atoms. The summed E-state index contributed by atoms with van der Waals surface area (Å²) in [6, 6.07) is 0. The average molecular weight is 1370 g/mol. The van der Waals surface area contributed by atoms with E-state index in [1.165, 1.54) is 199 Å². The quantitative estimate of drug-likeness (QED) is 0.0222. The maximum absolute atomic E-state index is 13.1. The van der Waals surface area contributed by atoms with Gasteiger partial charge in [-0.2, -0.15) is 0 Å². The van der Waals surface area contributed by atoms with Gasteiger partial charge in [-0.3, -0.25) is 37.3 Å². The summed E-state index contributed by atoms with van der Waals surface area (Å²) in [5.41, 5.74) is 0. The molecule has 0 saturated heterocycles. The van der Waals surface area contributed by atoms with Crippen LogP contribution in [-0.4, -0.2) is 96.7 Å². The lowest BCUT2D eigenvalue weighted by atomic mass is 9.99. The Bertz CT molecular complexity index is 1810. The zero-order valence-electron chi connectivity index (χ0n) is 60.6. The normalized spacial score (nSPS) is 14.3. The standard InChI is InChI=1S/C74H144O17P2/c1-7-10-12-14-16-18-20-21-25-28-32-39-45-51-57-72(77)85-62-69(90-73(78)58-52-46-40-33-29-26-23-22-24-27-30-37-43-49-55-67(6)9-3)64-88-92(80,81)86-60-68(75)61-87-93(82,83)89-65-70(63-84-71(76)56-50-44-38-31-19-17-15-13-11-8-2)91-74(79)59-53-47-41-35-34-36-42-48-54-66(4)5/h66-70,75H,7-65H2,1-6H3,(H,80,81)(H,82,83)/t67?,68-,69-,70-/m1/s1. The summed E-state index contributed by atoms with van der Waals surface area (Å²) in [4.78, 5) is 72.7. The molecule has 0 aliphatic heterocycles. The van der Waals surface area contributed by atoms with Crippen molar-refractivity contribution in [3.8, 4) is 0 Å². The maximum Gasteiger partial charge on any atom is 0.472 e. The van der Waals surface area contributed by atoms with Gasteiger partial charge >= 0.3 is 39.5 Å². The molecule has 0 fully saturated rings. The Morgan fingerprint density at radius 3 is 0.817 bits per heavy atom. The van der Waals surface area contributed by atoms with E-state index in [-0.39, 0.29) is 25.7 Å². The summed E-state index contributed by atoms with van der Waals surface area (Å²) < 4.78 is 68.4. The number of aliphatic hydroxyl groups excluding tert-OH is 1. The lowest BCUT2D eigenvalue weighted by molar-refractivity contribution is -0.161. The number of carbonyl (C=O) groups is 4. The van der Waals surface area contributed by atoms with E-state index in [1.54, 1.807) is 0 Å². The number of aliphatic hydroxyl groups is 1. The van der Waals surface area contributed by atoms with Crippen LogP contribution in [0.25, 0.3) is 0 Å². The Hall–Kier alpha value is -1.94. The van der Waals surface area contributed by atoms with Gasteiger partial charge in [0.15, 0.2) is 12.2 Å². The van der Waals surface area contributed by atoms with E-state index in [4.69, 9.17) is 37.0 Å². The molecule has 17 nitrogen and oxygen atoms in total. The summed E-state index contributed by atoms with van der Waals surface area (Å²) in [6.07, 6.45) is 52.6. The van der Waals surface area contributed by atoms with E-state index < -0.39 is 97.5 Å². The van der Waals surface area contributed by atoms with E-state index in [0.717, 1.165) is 102 Å². The Kier molecular flexibility index (Phi) is 64.6. The second-order valence-electron chi connectivity index (χ2n) is 27.4. The number of phosphoric acid groups is 2. The van der Waals surface area contributed by atoms with Gasteiger partial charge in [0.25, 0.3) is 0 Å². The van der Waals surface area contributed by atoms with E-state index >= 15 is 0 Å². The molecule has 3 unspecified atom stereocenters. The molecule has 6 atom stereocenters. The fourth-order valence-corrected chi connectivity index (χ4v) is 12.8. The number of ether oxygens (including phenoxy) is 4. The minimum absolute atomic E-state index is 0.105. The SMILES string of the molecule is CCCCCCCCCCCCCCCCC(=O)OC[C@H](COP(=O)(O)OC[C@@H](O)COP(=O)(O)OC[C@@H](COC(=O)CCCCCCCCCCCC)OC(=O)CCCCCCCCCCC(C)C)OC(=O)CCCCCCCCCCCCCCCCC(C)CC. The largest absolute Gasteiger partial charge is 0.472 e. The van der Waals surface area contributed by atoms with Gasteiger partial charge in [-0.05, 0) is 37.5 Å². The van der Waals surface area contributed by atoms with Gasteiger partial charge in [0.1, 0.15) is 19.3 Å². The van der Waals surface area contributed by atoms with Crippen LogP contribution in [0.15, 0.2) is 0 Å². The monoisotopic (exact) mass is 1370 g/mol. The van der Waals surface area contributed by atoms with Crippen molar-refractivity contribution in [3.05, 3.63) is 0 Å². The topological polar surface area (TPSA) is 237 Å². The zero-order valence-corrected chi connectivity index (χ0v) is 62.3. The van der Waals surface area contributed by atoms with Crippen molar-refractivity contribution in [1.82, 2.24) is 0 Å². The fraction of sp³-hybridized carbons (Fsp3) is 0.946. The molecule has 0 aromatic rings. The van der Waals surface area contributed by atoms with Crippen LogP contribution in [0.5, 0.6) is 0 Å². The van der Waals surface area contributed by atoms with Gasteiger partial charge in [-0.1, -0.05) is 330 Å². The lowest BCUT2D eigenvalue weighted by Gasteiger charge is -2.21. The molecule has 0 aromatic heterocycles. The predicted octanol–water partition coefficient (Wildman–Crippen LogP) is 21.6. The van der Waals surface area contributed by atoms with Crippen molar-refractivity contribution < 1.29 is 80.2 Å². The third-order valence-corrected chi connectivity index (χ3v) is 19.5. The third kappa shape index (κ3) is 67.0. The molecule has 0 saturated carbocycles. The van der Waals surface area contributed by atoms with E-state index in [0.29, 0.717) is 25.7 Å². The highest BCUT2D eigenvalue weighted by atomic mass is 31.2. The van der Waals surface area contributed by atoms with Gasteiger partial charge in [0.05, 0.1) is 26.4 Å². The van der Waals surface area contributed by atoms with Crippen molar-refractivity contribution in [3.63, 3.8) is 0 Å². The number of rotatable bonds is 73. The molecule has 93 heavy (non-hydrogen) atoms. The summed E-state index contributed by atoms with van der Waals surface area (Å²) in [5, 5.41) is 10.6. The molecule has 0 aliphatic carbocycles. The second-order valence-corrected chi connectivity index (χ2v) is 30.3. The number of unbranched alkanes of at least 4 members (excludes halogenated alkanes) is 42. The number of carbonyl (C=O) groups excluding carboxylic acids is 4. The van der Waals surface area contributed by atoms with E-state index in [1.807, 2.05) is 0 Å². The summed E-state index contributed by atoms with van der Waals surface area (Å²) in [5.74, 6) is -0.554. The molecule has 0 heterocycles. The first-order valence-electron chi connectivity index (χ1n) is 38.5. The Balaban J connectivity index is 5.23. The number of hydrogen-bond donors (Lipinski definition) is 3. The summed E-state index contributed by atoms with van der Waals surface area (Å²) in [6.45, 7) is 9.59. The van der Waals surface area contributed by atoms with E-state index in [2.05, 4.69) is 41.5 Å². The molecule has 0 aliphatic rings. The number of esters is 4. The molecule has 0 rings (SSSR count). The highest BCUT2D eigenvalue weighted by molar-refractivity contribution is 7.47. The molecule has 0 amide bonds.